The third-order valence-corrected chi connectivity index (χ3v) is 7.12. The summed E-state index contributed by atoms with van der Waals surface area (Å²) in [6.45, 7) is 8.43. The first kappa shape index (κ1) is 33.8. The summed E-state index contributed by atoms with van der Waals surface area (Å²) in [6.07, 6.45) is 1.84. The summed E-state index contributed by atoms with van der Waals surface area (Å²) in [5.41, 5.74) is 3.30. The molecule has 9 heteroatoms. The minimum absolute atomic E-state index is 0.105. The molecule has 0 amide bonds. The van der Waals surface area contributed by atoms with Crippen molar-refractivity contribution in [3.63, 3.8) is 0 Å². The Hall–Kier alpha value is -4.05. The Labute approximate surface area is 266 Å². The second-order valence-corrected chi connectivity index (χ2v) is 10.6. The molecule has 4 aromatic rings. The van der Waals surface area contributed by atoms with E-state index in [9.17, 15) is 0 Å². The molecule has 1 aromatic heterocycles. The fourth-order valence-electron chi connectivity index (χ4n) is 4.23. The van der Waals surface area contributed by atoms with Crippen molar-refractivity contribution in [1.82, 2.24) is 15.0 Å². The molecule has 0 saturated carbocycles. The fraction of sp³-hybridized carbons (Fsp3) is 0.417. The monoisotopic (exact) mass is 615 g/mol. The zero-order chi connectivity index (χ0) is 31.5. The van der Waals surface area contributed by atoms with Crippen molar-refractivity contribution in [3.8, 4) is 18.0 Å². The number of ether oxygens (including phenoxy) is 6. The predicted molar refractivity (Wildman–Crippen MR) is 172 cm³/mol. The van der Waals surface area contributed by atoms with Crippen LogP contribution in [-0.2, 0) is 34.0 Å². The van der Waals surface area contributed by atoms with Gasteiger partial charge >= 0.3 is 18.0 Å². The molecule has 0 fully saturated rings. The lowest BCUT2D eigenvalue weighted by molar-refractivity contribution is -0.00144. The number of benzene rings is 3. The van der Waals surface area contributed by atoms with Gasteiger partial charge in [-0.15, -0.1) is 15.0 Å². The van der Waals surface area contributed by atoms with E-state index in [0.717, 1.165) is 36.0 Å². The van der Waals surface area contributed by atoms with Crippen LogP contribution < -0.4 is 14.2 Å². The lowest BCUT2D eigenvalue weighted by Crippen LogP contribution is -2.24. The van der Waals surface area contributed by atoms with Crippen LogP contribution in [0.4, 0.5) is 0 Å². The normalized spacial score (nSPS) is 13.1. The van der Waals surface area contributed by atoms with Crippen molar-refractivity contribution < 1.29 is 28.4 Å². The zero-order valence-electron chi connectivity index (χ0n) is 26.5. The van der Waals surface area contributed by atoms with E-state index in [1.165, 1.54) is 0 Å². The largest absolute Gasteiger partial charge is 0.460 e. The Morgan fingerprint density at radius 3 is 0.933 bits per heavy atom. The maximum atomic E-state index is 6.08. The van der Waals surface area contributed by atoms with Crippen LogP contribution in [0.1, 0.15) is 56.7 Å². The molecule has 45 heavy (non-hydrogen) atoms. The summed E-state index contributed by atoms with van der Waals surface area (Å²) in [6, 6.07) is 30.5. The highest BCUT2D eigenvalue weighted by molar-refractivity contribution is 5.15. The van der Waals surface area contributed by atoms with Gasteiger partial charge in [0, 0.05) is 0 Å². The van der Waals surface area contributed by atoms with Crippen molar-refractivity contribution >= 4 is 0 Å². The third-order valence-electron chi connectivity index (χ3n) is 7.12. The highest BCUT2D eigenvalue weighted by atomic mass is 16.6. The molecule has 9 nitrogen and oxygen atoms in total. The average molecular weight is 616 g/mol. The lowest BCUT2D eigenvalue weighted by Gasteiger charge is -2.19. The van der Waals surface area contributed by atoms with Crippen LogP contribution in [0, 0.1) is 0 Å². The van der Waals surface area contributed by atoms with Gasteiger partial charge in [-0.05, 0) is 36.0 Å². The first-order valence-electron chi connectivity index (χ1n) is 15.8. The molecular weight excluding hydrogens is 570 g/mol. The molecule has 0 bridgehead atoms. The highest BCUT2D eigenvalue weighted by Crippen LogP contribution is 2.18. The van der Waals surface area contributed by atoms with Crippen LogP contribution in [0.25, 0.3) is 0 Å². The smallest absolute Gasteiger partial charge is 0.325 e. The molecule has 240 valence electrons. The maximum Gasteiger partial charge on any atom is 0.325 e. The molecule has 0 spiro atoms. The SMILES string of the molecule is CCC(COc1nc(OCC(CC)OCc2ccccc2)nc(OCC(CC)OCc2ccccc2)n1)OCc1ccccc1. The lowest BCUT2D eigenvalue weighted by atomic mass is 10.2. The van der Waals surface area contributed by atoms with Crippen molar-refractivity contribution in [1.29, 1.82) is 0 Å². The van der Waals surface area contributed by atoms with Crippen LogP contribution in [0.2, 0.25) is 0 Å². The standard InChI is InChI=1S/C36H45N3O6/c1-4-31(40-22-28-16-10-7-11-17-28)25-43-34-37-35(44-26-32(5-2)41-23-29-18-12-8-13-19-29)39-36(38-34)45-27-33(6-3)42-24-30-20-14-9-15-21-30/h7-21,31-33H,4-6,22-27H2,1-3H3. The van der Waals surface area contributed by atoms with Gasteiger partial charge in [0.05, 0.1) is 38.1 Å². The molecule has 0 aliphatic carbocycles. The van der Waals surface area contributed by atoms with E-state index in [1.54, 1.807) is 0 Å². The predicted octanol–water partition coefficient (Wildman–Crippen LogP) is 6.99. The second-order valence-electron chi connectivity index (χ2n) is 10.6. The van der Waals surface area contributed by atoms with Crippen molar-refractivity contribution in [2.75, 3.05) is 19.8 Å². The van der Waals surface area contributed by atoms with Gasteiger partial charge in [0.25, 0.3) is 0 Å². The number of hydrogen-bond acceptors (Lipinski definition) is 9. The summed E-state index contributed by atoms with van der Waals surface area (Å²) >= 11 is 0. The number of aromatic nitrogens is 3. The topological polar surface area (TPSA) is 94.1 Å². The molecule has 3 aromatic carbocycles. The fourth-order valence-corrected chi connectivity index (χ4v) is 4.23. The van der Waals surface area contributed by atoms with E-state index in [1.807, 2.05) is 91.0 Å². The van der Waals surface area contributed by atoms with E-state index < -0.39 is 0 Å². The van der Waals surface area contributed by atoms with Gasteiger partial charge in [-0.2, -0.15) is 0 Å². The van der Waals surface area contributed by atoms with Crippen LogP contribution in [0.15, 0.2) is 91.0 Å². The molecular formula is C36H45N3O6. The molecule has 0 radical (unpaired) electrons. The van der Waals surface area contributed by atoms with E-state index in [-0.39, 0.29) is 56.2 Å². The summed E-state index contributed by atoms with van der Waals surface area (Å²) in [4.78, 5) is 13.3. The van der Waals surface area contributed by atoms with Gasteiger partial charge < -0.3 is 28.4 Å². The van der Waals surface area contributed by atoms with Gasteiger partial charge in [-0.25, -0.2) is 0 Å². The molecule has 4 rings (SSSR count). The molecule has 0 aliphatic heterocycles. The van der Waals surface area contributed by atoms with Gasteiger partial charge in [0.15, 0.2) is 0 Å². The summed E-state index contributed by atoms with van der Waals surface area (Å²) in [5.74, 6) is 0. The van der Waals surface area contributed by atoms with Crippen molar-refractivity contribution in [2.45, 2.75) is 78.2 Å². The maximum absolute atomic E-state index is 6.08. The third kappa shape index (κ3) is 12.5. The van der Waals surface area contributed by atoms with E-state index in [0.29, 0.717) is 19.8 Å². The highest BCUT2D eigenvalue weighted by Gasteiger charge is 2.17. The summed E-state index contributed by atoms with van der Waals surface area (Å²) < 4.78 is 36.2. The molecule has 3 atom stereocenters. The molecule has 0 saturated heterocycles. The van der Waals surface area contributed by atoms with E-state index in [4.69, 9.17) is 28.4 Å². The van der Waals surface area contributed by atoms with Crippen molar-refractivity contribution in [3.05, 3.63) is 108 Å². The zero-order valence-corrected chi connectivity index (χ0v) is 26.5. The minimum atomic E-state index is -0.151. The van der Waals surface area contributed by atoms with Crippen LogP contribution in [0.3, 0.4) is 0 Å². The Kier molecular flexibility index (Phi) is 14.6. The van der Waals surface area contributed by atoms with Crippen LogP contribution in [0.5, 0.6) is 18.0 Å². The quantitative estimate of drug-likeness (QED) is 0.0983. The van der Waals surface area contributed by atoms with Crippen LogP contribution in [-0.4, -0.2) is 53.1 Å². The molecule has 3 unspecified atom stereocenters. The summed E-state index contributed by atoms with van der Waals surface area (Å²) in [7, 11) is 0. The summed E-state index contributed by atoms with van der Waals surface area (Å²) in [5, 5.41) is 0. The molecule has 1 heterocycles. The second kappa shape index (κ2) is 19.4. The number of nitrogens with zero attached hydrogens (tertiary/aromatic N) is 3. The Morgan fingerprint density at radius 1 is 0.422 bits per heavy atom. The van der Waals surface area contributed by atoms with Crippen molar-refractivity contribution in [2.24, 2.45) is 0 Å². The van der Waals surface area contributed by atoms with Gasteiger partial charge in [-0.1, -0.05) is 112 Å². The number of hydrogen-bond donors (Lipinski definition) is 0. The van der Waals surface area contributed by atoms with Gasteiger partial charge in [-0.3, -0.25) is 0 Å². The first-order chi connectivity index (χ1) is 22.1. The Balaban J connectivity index is 1.38. The van der Waals surface area contributed by atoms with E-state index >= 15 is 0 Å². The average Bonchev–Trinajstić information content (AvgIpc) is 3.10. The van der Waals surface area contributed by atoms with E-state index in [2.05, 4.69) is 35.7 Å². The Bertz CT molecular complexity index is 1170. The van der Waals surface area contributed by atoms with Gasteiger partial charge in [0.2, 0.25) is 0 Å². The van der Waals surface area contributed by atoms with Crippen LogP contribution >= 0.6 is 0 Å². The molecule has 0 aliphatic rings. The minimum Gasteiger partial charge on any atom is -0.460 e. The Morgan fingerprint density at radius 2 is 0.689 bits per heavy atom. The first-order valence-corrected chi connectivity index (χ1v) is 15.8. The molecule has 0 N–H and O–H groups in total. The number of rotatable bonds is 21. The van der Waals surface area contributed by atoms with Gasteiger partial charge in [0.1, 0.15) is 19.8 Å².